The zero-order valence-corrected chi connectivity index (χ0v) is 29.4. The van der Waals surface area contributed by atoms with E-state index < -0.39 is 0 Å². The van der Waals surface area contributed by atoms with Gasteiger partial charge in [-0.15, -0.1) is 0 Å². The minimum Gasteiger partial charge on any atom is -0.351 e. The molecule has 54 heavy (non-hydrogen) atoms. The molecule has 4 aliphatic rings. The first-order valence-electron chi connectivity index (χ1n) is 17.8. The monoisotopic (exact) mass is 710 g/mol. The predicted octanol–water partition coefficient (Wildman–Crippen LogP) is 2.64. The molecule has 4 saturated heterocycles. The zero-order chi connectivity index (χ0) is 37.3. The predicted molar refractivity (Wildman–Crippen MR) is 197 cm³/mol. The summed E-state index contributed by atoms with van der Waals surface area (Å²) >= 11 is 0. The third kappa shape index (κ3) is 7.93. The van der Waals surface area contributed by atoms with Crippen LogP contribution in [0.4, 0.5) is 11.6 Å². The van der Waals surface area contributed by atoms with Crippen LogP contribution in [0, 0.1) is 69.0 Å². The van der Waals surface area contributed by atoms with E-state index in [4.69, 9.17) is 10.5 Å². The number of piperazine rings is 2. The van der Waals surface area contributed by atoms with Crippen LogP contribution in [0.3, 0.4) is 0 Å². The first-order valence-corrected chi connectivity index (χ1v) is 17.8. The largest absolute Gasteiger partial charge is 0.351 e. The summed E-state index contributed by atoms with van der Waals surface area (Å²) in [6, 6.07) is 20.1. The maximum atomic E-state index is 9.26. The van der Waals surface area contributed by atoms with E-state index in [9.17, 15) is 10.5 Å². The molecule has 264 valence electrons. The van der Waals surface area contributed by atoms with Crippen molar-refractivity contribution in [1.82, 2.24) is 39.7 Å². The van der Waals surface area contributed by atoms with E-state index >= 15 is 0 Å². The topological polar surface area (TPSA) is 185 Å². The Labute approximate surface area is 314 Å². The first-order chi connectivity index (χ1) is 26.6. The highest BCUT2D eigenvalue weighted by Gasteiger charge is 2.38. The number of hydrogen-bond acceptors (Lipinski definition) is 14. The molecule has 4 atom stereocenters. The quantitative estimate of drug-likeness (QED) is 0.277. The van der Waals surface area contributed by atoms with Gasteiger partial charge in [0.1, 0.15) is 47.1 Å². The molecule has 0 amide bonds. The third-order valence-corrected chi connectivity index (χ3v) is 10.0. The fourth-order valence-electron chi connectivity index (χ4n) is 7.53. The Morgan fingerprint density at radius 1 is 0.500 bits per heavy atom. The van der Waals surface area contributed by atoms with Gasteiger partial charge in [0.15, 0.2) is 23.0 Å². The number of pyridine rings is 2. The number of anilines is 2. The fourth-order valence-corrected chi connectivity index (χ4v) is 7.53. The van der Waals surface area contributed by atoms with Crippen LogP contribution in [-0.4, -0.2) is 103 Å². The summed E-state index contributed by atoms with van der Waals surface area (Å²) < 4.78 is 0. The van der Waals surface area contributed by atoms with E-state index in [1.165, 1.54) is 0 Å². The maximum absolute atomic E-state index is 9.26. The minimum atomic E-state index is 0.196. The number of nitriles is 4. The minimum absolute atomic E-state index is 0.196. The molecular formula is C40H34N14. The van der Waals surface area contributed by atoms with Gasteiger partial charge in [0.25, 0.3) is 0 Å². The molecule has 0 N–H and O–H groups in total. The Balaban J connectivity index is 0.000000167. The molecule has 14 heteroatoms. The van der Waals surface area contributed by atoms with Crippen LogP contribution in [0.5, 0.6) is 0 Å². The van der Waals surface area contributed by atoms with Crippen LogP contribution in [0.15, 0.2) is 61.2 Å². The molecule has 8 rings (SSSR count). The van der Waals surface area contributed by atoms with Gasteiger partial charge >= 0.3 is 0 Å². The lowest BCUT2D eigenvalue weighted by Crippen LogP contribution is -2.52. The van der Waals surface area contributed by atoms with E-state index in [1.54, 1.807) is 49.1 Å². The van der Waals surface area contributed by atoms with Crippen LogP contribution in [0.25, 0.3) is 0 Å². The molecule has 0 radical (unpaired) electrons. The van der Waals surface area contributed by atoms with Crippen molar-refractivity contribution >= 4 is 11.6 Å². The SMILES string of the molecule is N#Cc1cccc(C#C[C@@H]2CC[C@@H]3CN(c4nccnc4C#N)CCN32)n1.N#Cc1cccc(C#C[C@H]2CC[C@H]3CN(c4nccnc4C#N)CCN32)n1. The second-order valence-electron chi connectivity index (χ2n) is 13.1. The molecule has 0 unspecified atom stereocenters. The van der Waals surface area contributed by atoms with Gasteiger partial charge in [0, 0.05) is 76.1 Å². The van der Waals surface area contributed by atoms with E-state index in [2.05, 4.69) is 85.3 Å². The van der Waals surface area contributed by atoms with Crippen LogP contribution in [0.1, 0.15) is 59.8 Å². The Morgan fingerprint density at radius 2 is 0.926 bits per heavy atom. The molecule has 4 aliphatic heterocycles. The lowest BCUT2D eigenvalue weighted by molar-refractivity contribution is 0.202. The highest BCUT2D eigenvalue weighted by molar-refractivity contribution is 5.51. The lowest BCUT2D eigenvalue weighted by Gasteiger charge is -2.39. The lowest BCUT2D eigenvalue weighted by atomic mass is 10.1. The van der Waals surface area contributed by atoms with Crippen molar-refractivity contribution in [2.75, 3.05) is 49.1 Å². The summed E-state index contributed by atoms with van der Waals surface area (Å²) in [6.07, 6.45) is 10.5. The number of fused-ring (bicyclic) bond motifs is 2. The summed E-state index contributed by atoms with van der Waals surface area (Å²) in [5.74, 6) is 14.3. The highest BCUT2D eigenvalue weighted by Crippen LogP contribution is 2.31. The average molecular weight is 711 g/mol. The Kier molecular flexibility index (Phi) is 10.9. The van der Waals surface area contributed by atoms with Crippen LogP contribution >= 0.6 is 0 Å². The van der Waals surface area contributed by atoms with Gasteiger partial charge in [0.05, 0.1) is 12.1 Å². The van der Waals surface area contributed by atoms with E-state index in [-0.39, 0.29) is 12.1 Å². The van der Waals surface area contributed by atoms with Gasteiger partial charge in [0.2, 0.25) is 0 Å². The average Bonchev–Trinajstić information content (AvgIpc) is 3.85. The van der Waals surface area contributed by atoms with Crippen LogP contribution in [0.2, 0.25) is 0 Å². The van der Waals surface area contributed by atoms with Crippen molar-refractivity contribution in [3.63, 3.8) is 0 Å². The number of nitrogens with zero attached hydrogens (tertiary/aromatic N) is 14. The van der Waals surface area contributed by atoms with Crippen molar-refractivity contribution < 1.29 is 0 Å². The summed E-state index contributed by atoms with van der Waals surface area (Å²) in [6.45, 7) is 4.99. The standard InChI is InChI=1S/2C20H17N7/c2*21-12-16-3-1-2-15(25-16)4-5-17-6-7-18-14-26(10-11-27(17)18)20-19(13-22)23-8-9-24-20/h2*1-3,8-9,17-18H,6-7,10-11,14H2/t2*17-,18-/m10/s1. The Morgan fingerprint density at radius 3 is 1.35 bits per heavy atom. The molecule has 4 aromatic heterocycles. The van der Waals surface area contributed by atoms with Crippen molar-refractivity contribution in [2.45, 2.75) is 49.9 Å². The van der Waals surface area contributed by atoms with Gasteiger partial charge in [-0.3, -0.25) is 9.80 Å². The number of rotatable bonds is 2. The van der Waals surface area contributed by atoms with Gasteiger partial charge < -0.3 is 9.80 Å². The van der Waals surface area contributed by atoms with Crippen LogP contribution < -0.4 is 9.80 Å². The fraction of sp³-hybridized carbons (Fsp3) is 0.350. The smallest absolute Gasteiger partial charge is 0.183 e. The van der Waals surface area contributed by atoms with Crippen molar-refractivity contribution in [1.29, 1.82) is 21.0 Å². The zero-order valence-electron chi connectivity index (χ0n) is 29.4. The number of hydrogen-bond donors (Lipinski definition) is 0. The summed E-state index contributed by atoms with van der Waals surface area (Å²) in [4.78, 5) is 34.6. The molecular weight excluding hydrogens is 677 g/mol. The molecule has 0 aliphatic carbocycles. The maximum Gasteiger partial charge on any atom is 0.183 e. The Hall–Kier alpha value is -6.94. The van der Waals surface area contributed by atoms with Gasteiger partial charge in [-0.1, -0.05) is 24.0 Å². The second-order valence-corrected chi connectivity index (χ2v) is 13.1. The third-order valence-electron chi connectivity index (χ3n) is 10.0. The van der Waals surface area contributed by atoms with E-state index in [0.29, 0.717) is 57.9 Å². The normalized spacial score (nSPS) is 21.5. The van der Waals surface area contributed by atoms with E-state index in [0.717, 1.165) is 65.0 Å². The Bertz CT molecular complexity index is 2150. The second kappa shape index (κ2) is 16.6. The van der Waals surface area contributed by atoms with Crippen molar-refractivity contribution in [2.24, 2.45) is 0 Å². The summed E-state index contributed by atoms with van der Waals surface area (Å²) in [7, 11) is 0. The molecule has 0 saturated carbocycles. The molecule has 4 fully saturated rings. The van der Waals surface area contributed by atoms with Crippen LogP contribution in [-0.2, 0) is 0 Å². The van der Waals surface area contributed by atoms with Crippen molar-refractivity contribution in [3.05, 3.63) is 95.3 Å². The molecule has 0 spiro atoms. The molecule has 0 bridgehead atoms. The van der Waals surface area contributed by atoms with Crippen molar-refractivity contribution in [3.8, 4) is 48.0 Å². The van der Waals surface area contributed by atoms with Gasteiger partial charge in [-0.25, -0.2) is 29.9 Å². The van der Waals surface area contributed by atoms with Gasteiger partial charge in [-0.05, 0) is 61.8 Å². The first kappa shape index (κ1) is 35.5. The molecule has 14 nitrogen and oxygen atoms in total. The van der Waals surface area contributed by atoms with E-state index in [1.807, 2.05) is 24.3 Å². The van der Waals surface area contributed by atoms with Gasteiger partial charge in [-0.2, -0.15) is 21.0 Å². The molecule has 4 aromatic rings. The summed E-state index contributed by atoms with van der Waals surface area (Å²) in [5, 5.41) is 36.4. The number of aromatic nitrogens is 6. The summed E-state index contributed by atoms with van der Waals surface area (Å²) in [5.41, 5.74) is 2.80. The molecule has 0 aromatic carbocycles. The highest BCUT2D eigenvalue weighted by atomic mass is 15.3. The molecule has 8 heterocycles.